The van der Waals surface area contributed by atoms with Gasteiger partial charge in [0.15, 0.2) is 0 Å². The molecule has 86 valence electrons. The van der Waals surface area contributed by atoms with Gasteiger partial charge in [0.1, 0.15) is 0 Å². The fourth-order valence-corrected chi connectivity index (χ4v) is 1.60. The molecule has 0 amide bonds. The second-order valence-corrected chi connectivity index (χ2v) is 3.67. The van der Waals surface area contributed by atoms with Crippen LogP contribution in [0.25, 0.3) is 11.3 Å². The Balaban J connectivity index is 2.45. The van der Waals surface area contributed by atoms with Gasteiger partial charge in [-0.1, -0.05) is 18.2 Å². The fraction of sp³-hybridized carbons (Fsp3) is 0.0833. The summed E-state index contributed by atoms with van der Waals surface area (Å²) >= 11 is 5.74. The number of alkyl halides is 1. The molecule has 0 radical (unpaired) electrons. The third kappa shape index (κ3) is 2.60. The lowest BCUT2D eigenvalue weighted by Gasteiger charge is -2.03. The maximum Gasteiger partial charge on any atom is 0.373 e. The van der Waals surface area contributed by atoms with E-state index in [1.54, 1.807) is 6.07 Å². The highest BCUT2D eigenvalue weighted by molar-refractivity contribution is 6.17. The minimum Gasteiger partial charge on any atom is -0.475 e. The molecule has 0 unspecified atom stereocenters. The van der Waals surface area contributed by atoms with E-state index in [1.807, 2.05) is 24.3 Å². The zero-order valence-electron chi connectivity index (χ0n) is 8.80. The minimum absolute atomic E-state index is 0.209. The average Bonchev–Trinajstić information content (AvgIpc) is 2.39. The second-order valence-electron chi connectivity index (χ2n) is 3.40. The number of nitrogens with zero attached hydrogens (tertiary/aromatic N) is 2. The Morgan fingerprint density at radius 2 is 2.18 bits per heavy atom. The smallest absolute Gasteiger partial charge is 0.373 e. The molecule has 1 N–H and O–H groups in total. The number of carboxylic acids is 1. The number of aromatic carboxylic acids is 1. The summed E-state index contributed by atoms with van der Waals surface area (Å²) in [4.78, 5) is 18.4. The summed E-state index contributed by atoms with van der Waals surface area (Å²) < 4.78 is 0. The summed E-state index contributed by atoms with van der Waals surface area (Å²) in [6.07, 6.45) is 1.43. The van der Waals surface area contributed by atoms with Crippen LogP contribution in [0.15, 0.2) is 36.5 Å². The monoisotopic (exact) mass is 248 g/mol. The van der Waals surface area contributed by atoms with Crippen LogP contribution in [0.3, 0.4) is 0 Å². The number of halogens is 1. The van der Waals surface area contributed by atoms with Crippen molar-refractivity contribution in [2.45, 2.75) is 5.88 Å². The van der Waals surface area contributed by atoms with Crippen LogP contribution in [-0.2, 0) is 5.88 Å². The zero-order chi connectivity index (χ0) is 12.3. The van der Waals surface area contributed by atoms with Crippen molar-refractivity contribution in [1.29, 1.82) is 0 Å². The molecule has 0 bridgehead atoms. The van der Waals surface area contributed by atoms with E-state index >= 15 is 0 Å². The predicted octanol–water partition coefficient (Wildman–Crippen LogP) is 2.58. The van der Waals surface area contributed by atoms with Crippen molar-refractivity contribution >= 4 is 17.6 Å². The number of carbonyl (C=O) groups is 1. The van der Waals surface area contributed by atoms with Crippen LogP contribution in [0, 0.1) is 0 Å². The van der Waals surface area contributed by atoms with Gasteiger partial charge in [0.05, 0.1) is 5.69 Å². The predicted molar refractivity (Wildman–Crippen MR) is 64.0 cm³/mol. The number of hydrogen-bond donors (Lipinski definition) is 1. The fourth-order valence-electron chi connectivity index (χ4n) is 1.44. The van der Waals surface area contributed by atoms with Crippen molar-refractivity contribution in [3.63, 3.8) is 0 Å². The maximum absolute atomic E-state index is 10.8. The lowest BCUT2D eigenvalue weighted by Crippen LogP contribution is -2.04. The third-order valence-corrected chi connectivity index (χ3v) is 2.53. The van der Waals surface area contributed by atoms with Gasteiger partial charge in [-0.3, -0.25) is 0 Å². The molecule has 0 aliphatic carbocycles. The number of aromatic nitrogens is 2. The van der Waals surface area contributed by atoms with Gasteiger partial charge in [-0.15, -0.1) is 11.6 Å². The SMILES string of the molecule is O=C(O)c1nccc(-c2cccc(CCl)c2)n1. The highest BCUT2D eigenvalue weighted by atomic mass is 35.5. The Labute approximate surface area is 103 Å². The molecule has 17 heavy (non-hydrogen) atoms. The van der Waals surface area contributed by atoms with Crippen LogP contribution in [0.5, 0.6) is 0 Å². The normalized spacial score (nSPS) is 10.2. The molecule has 0 aliphatic rings. The molecule has 0 fully saturated rings. The van der Waals surface area contributed by atoms with Crippen LogP contribution in [0.2, 0.25) is 0 Å². The first-order valence-corrected chi connectivity index (χ1v) is 5.46. The summed E-state index contributed by atoms with van der Waals surface area (Å²) in [7, 11) is 0. The van der Waals surface area contributed by atoms with E-state index in [-0.39, 0.29) is 5.82 Å². The Morgan fingerprint density at radius 1 is 1.35 bits per heavy atom. The van der Waals surface area contributed by atoms with Crippen LogP contribution >= 0.6 is 11.6 Å². The maximum atomic E-state index is 10.8. The van der Waals surface area contributed by atoms with Crippen molar-refractivity contribution in [2.24, 2.45) is 0 Å². The number of benzene rings is 1. The number of hydrogen-bond acceptors (Lipinski definition) is 3. The highest BCUT2D eigenvalue weighted by Gasteiger charge is 2.08. The molecule has 0 spiro atoms. The molecule has 0 saturated heterocycles. The molecule has 0 atom stereocenters. The summed E-state index contributed by atoms with van der Waals surface area (Å²) in [5, 5.41) is 8.81. The third-order valence-electron chi connectivity index (χ3n) is 2.22. The summed E-state index contributed by atoms with van der Waals surface area (Å²) in [6, 6.07) is 9.15. The molecule has 5 heteroatoms. The van der Waals surface area contributed by atoms with Crippen molar-refractivity contribution in [3.05, 3.63) is 47.9 Å². The Morgan fingerprint density at radius 3 is 2.88 bits per heavy atom. The van der Waals surface area contributed by atoms with Gasteiger partial charge >= 0.3 is 5.97 Å². The largest absolute Gasteiger partial charge is 0.475 e. The van der Waals surface area contributed by atoms with Crippen LogP contribution in [-0.4, -0.2) is 21.0 Å². The topological polar surface area (TPSA) is 63.1 Å². The number of rotatable bonds is 3. The molecular weight excluding hydrogens is 240 g/mol. The average molecular weight is 249 g/mol. The van der Waals surface area contributed by atoms with Gasteiger partial charge in [0.2, 0.25) is 5.82 Å². The first kappa shape index (κ1) is 11.5. The van der Waals surface area contributed by atoms with Crippen molar-refractivity contribution in [1.82, 2.24) is 9.97 Å². The zero-order valence-corrected chi connectivity index (χ0v) is 9.55. The number of carboxylic acid groups (broad SMARTS) is 1. The van der Waals surface area contributed by atoms with Gasteiger partial charge in [-0.05, 0) is 17.7 Å². The summed E-state index contributed by atoms with van der Waals surface area (Å²) in [5.74, 6) is -0.941. The molecule has 4 nitrogen and oxygen atoms in total. The molecule has 1 aromatic heterocycles. The van der Waals surface area contributed by atoms with Crippen LogP contribution in [0.1, 0.15) is 16.2 Å². The molecule has 1 aromatic carbocycles. The molecule has 1 heterocycles. The standard InChI is InChI=1S/C12H9ClN2O2/c13-7-8-2-1-3-9(6-8)10-4-5-14-11(15-10)12(16)17/h1-6H,7H2,(H,16,17). The lowest BCUT2D eigenvalue weighted by atomic mass is 10.1. The Kier molecular flexibility index (Phi) is 3.35. The van der Waals surface area contributed by atoms with Gasteiger partial charge < -0.3 is 5.11 Å². The van der Waals surface area contributed by atoms with Crippen molar-refractivity contribution < 1.29 is 9.90 Å². The van der Waals surface area contributed by atoms with E-state index in [0.717, 1.165) is 11.1 Å². The van der Waals surface area contributed by atoms with E-state index in [4.69, 9.17) is 16.7 Å². The minimum atomic E-state index is -1.14. The summed E-state index contributed by atoms with van der Waals surface area (Å²) in [5.41, 5.74) is 2.36. The molecule has 0 saturated carbocycles. The molecule has 2 rings (SSSR count). The van der Waals surface area contributed by atoms with Gasteiger partial charge in [-0.25, -0.2) is 14.8 Å². The second kappa shape index (κ2) is 4.93. The van der Waals surface area contributed by atoms with E-state index in [9.17, 15) is 4.79 Å². The molecule has 0 aliphatic heterocycles. The van der Waals surface area contributed by atoms with E-state index in [0.29, 0.717) is 11.6 Å². The van der Waals surface area contributed by atoms with Crippen LogP contribution in [0.4, 0.5) is 0 Å². The van der Waals surface area contributed by atoms with Gasteiger partial charge in [-0.2, -0.15) is 0 Å². The Bertz CT molecular complexity index is 558. The molecule has 2 aromatic rings. The van der Waals surface area contributed by atoms with Gasteiger partial charge in [0, 0.05) is 17.6 Å². The highest BCUT2D eigenvalue weighted by Crippen LogP contribution is 2.18. The van der Waals surface area contributed by atoms with Crippen molar-refractivity contribution in [2.75, 3.05) is 0 Å². The van der Waals surface area contributed by atoms with Gasteiger partial charge in [0.25, 0.3) is 0 Å². The van der Waals surface area contributed by atoms with E-state index < -0.39 is 5.97 Å². The van der Waals surface area contributed by atoms with Crippen LogP contribution < -0.4 is 0 Å². The van der Waals surface area contributed by atoms with Crippen molar-refractivity contribution in [3.8, 4) is 11.3 Å². The molecular formula is C12H9ClN2O2. The van der Waals surface area contributed by atoms with E-state index in [2.05, 4.69) is 9.97 Å². The quantitative estimate of drug-likeness (QED) is 0.848. The lowest BCUT2D eigenvalue weighted by molar-refractivity contribution is 0.0683. The van der Waals surface area contributed by atoms with E-state index in [1.165, 1.54) is 6.20 Å². The summed E-state index contributed by atoms with van der Waals surface area (Å²) in [6.45, 7) is 0. The first-order valence-electron chi connectivity index (χ1n) is 4.92. The Hall–Kier alpha value is -1.94. The first-order chi connectivity index (χ1) is 8.20.